The van der Waals surface area contributed by atoms with Crippen molar-refractivity contribution >= 4 is 17.5 Å². The van der Waals surface area contributed by atoms with E-state index in [4.69, 9.17) is 9.47 Å². The number of benzene rings is 2. The SMILES string of the molecule is CCN(CC)CCNC(=O)c1ccc(NC(=O)c2cc(-c3ccc(OC)cc3OC)n[nH]2)cc1. The van der Waals surface area contributed by atoms with Gasteiger partial charge >= 0.3 is 0 Å². The van der Waals surface area contributed by atoms with Crippen LogP contribution >= 0.6 is 0 Å². The predicted molar refractivity (Wildman–Crippen MR) is 132 cm³/mol. The summed E-state index contributed by atoms with van der Waals surface area (Å²) in [5, 5.41) is 12.7. The average molecular weight is 466 g/mol. The van der Waals surface area contributed by atoms with Crippen molar-refractivity contribution in [2.24, 2.45) is 0 Å². The number of methoxy groups -OCH3 is 2. The van der Waals surface area contributed by atoms with E-state index in [0.29, 0.717) is 40.7 Å². The molecule has 2 amide bonds. The minimum atomic E-state index is -0.345. The van der Waals surface area contributed by atoms with Crippen molar-refractivity contribution < 1.29 is 19.1 Å². The standard InChI is InChI=1S/C25H31N5O4/c1-5-30(6-2)14-13-26-24(31)17-7-9-18(10-8-17)27-25(32)22-16-21(28-29-22)20-12-11-19(33-3)15-23(20)34-4/h7-12,15-16H,5-6,13-14H2,1-4H3,(H,26,31)(H,27,32)(H,28,29). The highest BCUT2D eigenvalue weighted by atomic mass is 16.5. The fraction of sp³-hybridized carbons (Fsp3) is 0.320. The van der Waals surface area contributed by atoms with E-state index in [9.17, 15) is 9.59 Å². The molecule has 1 aromatic heterocycles. The summed E-state index contributed by atoms with van der Waals surface area (Å²) in [6.45, 7) is 7.48. The molecule has 0 unspecified atom stereocenters. The second-order valence-electron chi connectivity index (χ2n) is 7.55. The Morgan fingerprint density at radius 1 is 0.971 bits per heavy atom. The zero-order valence-corrected chi connectivity index (χ0v) is 20.0. The smallest absolute Gasteiger partial charge is 0.273 e. The Labute approximate surface area is 199 Å². The van der Waals surface area contributed by atoms with Gasteiger partial charge < -0.3 is 25.0 Å². The van der Waals surface area contributed by atoms with Gasteiger partial charge in [-0.25, -0.2) is 0 Å². The minimum absolute atomic E-state index is 0.142. The Morgan fingerprint density at radius 2 is 1.71 bits per heavy atom. The Balaban J connectivity index is 1.60. The molecule has 3 N–H and O–H groups in total. The van der Waals surface area contributed by atoms with E-state index in [0.717, 1.165) is 25.2 Å². The topological polar surface area (TPSA) is 109 Å². The van der Waals surface area contributed by atoms with Crippen LogP contribution in [0.2, 0.25) is 0 Å². The molecule has 0 atom stereocenters. The summed E-state index contributed by atoms with van der Waals surface area (Å²) in [7, 11) is 3.14. The summed E-state index contributed by atoms with van der Waals surface area (Å²) in [6.07, 6.45) is 0. The summed E-state index contributed by atoms with van der Waals surface area (Å²) in [5.41, 5.74) is 2.71. The van der Waals surface area contributed by atoms with Crippen molar-refractivity contribution in [3.63, 3.8) is 0 Å². The molecular weight excluding hydrogens is 434 g/mol. The van der Waals surface area contributed by atoms with Gasteiger partial charge in [-0.1, -0.05) is 13.8 Å². The van der Waals surface area contributed by atoms with Gasteiger partial charge in [0.1, 0.15) is 17.2 Å². The largest absolute Gasteiger partial charge is 0.497 e. The first-order valence-corrected chi connectivity index (χ1v) is 11.2. The predicted octanol–water partition coefficient (Wildman–Crippen LogP) is 3.42. The molecular formula is C25H31N5O4. The van der Waals surface area contributed by atoms with Crippen molar-refractivity contribution in [3.05, 3.63) is 59.8 Å². The average Bonchev–Trinajstić information content (AvgIpc) is 3.37. The van der Waals surface area contributed by atoms with Crippen molar-refractivity contribution in [2.45, 2.75) is 13.8 Å². The molecule has 1 heterocycles. The third-order valence-corrected chi connectivity index (χ3v) is 5.52. The first-order valence-electron chi connectivity index (χ1n) is 11.2. The number of likely N-dealkylation sites (N-methyl/N-ethyl adjacent to an activating group) is 1. The molecule has 0 radical (unpaired) electrons. The number of aromatic amines is 1. The molecule has 3 aromatic rings. The van der Waals surface area contributed by atoms with E-state index in [1.54, 1.807) is 56.7 Å². The lowest BCUT2D eigenvalue weighted by Crippen LogP contribution is -2.34. The van der Waals surface area contributed by atoms with E-state index >= 15 is 0 Å². The number of rotatable bonds is 11. The summed E-state index contributed by atoms with van der Waals surface area (Å²) >= 11 is 0. The summed E-state index contributed by atoms with van der Waals surface area (Å²) in [5.74, 6) is 0.762. The first-order chi connectivity index (χ1) is 16.5. The van der Waals surface area contributed by atoms with Gasteiger partial charge in [-0.15, -0.1) is 0 Å². The number of hydrogen-bond donors (Lipinski definition) is 3. The van der Waals surface area contributed by atoms with Crippen LogP contribution in [0.25, 0.3) is 11.3 Å². The second-order valence-corrected chi connectivity index (χ2v) is 7.55. The molecule has 0 fully saturated rings. The van der Waals surface area contributed by atoms with Gasteiger partial charge in [-0.05, 0) is 55.6 Å². The zero-order valence-electron chi connectivity index (χ0n) is 20.0. The van der Waals surface area contributed by atoms with Crippen LogP contribution in [0.3, 0.4) is 0 Å². The van der Waals surface area contributed by atoms with E-state index in [-0.39, 0.29) is 11.8 Å². The Morgan fingerprint density at radius 3 is 2.35 bits per heavy atom. The van der Waals surface area contributed by atoms with E-state index in [1.165, 1.54) is 0 Å². The Kier molecular flexibility index (Phi) is 8.64. The van der Waals surface area contributed by atoms with Crippen molar-refractivity contribution in [2.75, 3.05) is 45.7 Å². The maximum Gasteiger partial charge on any atom is 0.273 e. The summed E-state index contributed by atoms with van der Waals surface area (Å²) in [6, 6.07) is 13.8. The zero-order chi connectivity index (χ0) is 24.5. The van der Waals surface area contributed by atoms with Gasteiger partial charge in [0.05, 0.1) is 19.9 Å². The highest BCUT2D eigenvalue weighted by Crippen LogP contribution is 2.32. The number of nitrogens with one attached hydrogen (secondary N) is 3. The maximum atomic E-state index is 12.7. The molecule has 0 saturated carbocycles. The van der Waals surface area contributed by atoms with Crippen LogP contribution in [0.4, 0.5) is 5.69 Å². The van der Waals surface area contributed by atoms with E-state index in [2.05, 4.69) is 39.6 Å². The van der Waals surface area contributed by atoms with Crippen LogP contribution in [0.1, 0.15) is 34.7 Å². The normalized spacial score (nSPS) is 10.7. The van der Waals surface area contributed by atoms with Gasteiger partial charge in [0.25, 0.3) is 11.8 Å². The van der Waals surface area contributed by atoms with Crippen molar-refractivity contribution in [1.29, 1.82) is 0 Å². The first kappa shape index (κ1) is 24.8. The van der Waals surface area contributed by atoms with Crippen LogP contribution in [0.15, 0.2) is 48.5 Å². The third-order valence-electron chi connectivity index (χ3n) is 5.52. The maximum absolute atomic E-state index is 12.7. The molecule has 180 valence electrons. The lowest BCUT2D eigenvalue weighted by atomic mass is 10.1. The molecule has 2 aromatic carbocycles. The third kappa shape index (κ3) is 6.14. The molecule has 0 saturated heterocycles. The number of aromatic nitrogens is 2. The second kappa shape index (κ2) is 11.9. The molecule has 0 bridgehead atoms. The quantitative estimate of drug-likeness (QED) is 0.400. The Hall–Kier alpha value is -3.85. The van der Waals surface area contributed by atoms with Crippen LogP contribution in [-0.2, 0) is 0 Å². The monoisotopic (exact) mass is 465 g/mol. The summed E-state index contributed by atoms with van der Waals surface area (Å²) < 4.78 is 10.6. The fourth-order valence-corrected chi connectivity index (χ4v) is 3.46. The van der Waals surface area contributed by atoms with Gasteiger partial charge in [-0.3, -0.25) is 14.7 Å². The van der Waals surface area contributed by atoms with Crippen LogP contribution < -0.4 is 20.1 Å². The molecule has 0 spiro atoms. The van der Waals surface area contributed by atoms with Gasteiger partial charge in [0, 0.05) is 36.0 Å². The van der Waals surface area contributed by atoms with Crippen molar-refractivity contribution in [1.82, 2.24) is 20.4 Å². The van der Waals surface area contributed by atoms with Gasteiger partial charge in [0.15, 0.2) is 0 Å². The van der Waals surface area contributed by atoms with Gasteiger partial charge in [-0.2, -0.15) is 5.10 Å². The molecule has 0 aliphatic carbocycles. The number of amides is 2. The number of anilines is 1. The Bertz CT molecular complexity index is 1110. The van der Waals surface area contributed by atoms with Crippen LogP contribution in [-0.4, -0.2) is 67.3 Å². The van der Waals surface area contributed by atoms with E-state index in [1.807, 2.05) is 6.07 Å². The number of carbonyl (C=O) groups excluding carboxylic acids is 2. The highest BCUT2D eigenvalue weighted by molar-refractivity contribution is 6.04. The van der Waals surface area contributed by atoms with E-state index < -0.39 is 0 Å². The molecule has 34 heavy (non-hydrogen) atoms. The lowest BCUT2D eigenvalue weighted by Gasteiger charge is -2.17. The lowest BCUT2D eigenvalue weighted by molar-refractivity contribution is 0.0948. The number of hydrogen-bond acceptors (Lipinski definition) is 6. The number of nitrogens with zero attached hydrogens (tertiary/aromatic N) is 2. The molecule has 9 heteroatoms. The number of H-pyrrole nitrogens is 1. The van der Waals surface area contributed by atoms with Crippen molar-refractivity contribution in [3.8, 4) is 22.8 Å². The molecule has 3 rings (SSSR count). The molecule has 0 aliphatic rings. The van der Waals surface area contributed by atoms with Crippen LogP contribution in [0.5, 0.6) is 11.5 Å². The van der Waals surface area contributed by atoms with Gasteiger partial charge in [0.2, 0.25) is 0 Å². The minimum Gasteiger partial charge on any atom is -0.497 e. The van der Waals surface area contributed by atoms with Crippen LogP contribution in [0, 0.1) is 0 Å². The fourth-order valence-electron chi connectivity index (χ4n) is 3.46. The highest BCUT2D eigenvalue weighted by Gasteiger charge is 2.15. The number of ether oxygens (including phenoxy) is 2. The summed E-state index contributed by atoms with van der Waals surface area (Å²) in [4.78, 5) is 27.3. The molecule has 0 aliphatic heterocycles. The number of carbonyl (C=O) groups is 2. The molecule has 9 nitrogen and oxygen atoms in total.